The van der Waals surface area contributed by atoms with Crippen LogP contribution in [0.15, 0.2) is 224 Å². The minimum Gasteiger partial charge on any atom is -0.248 e. The molecule has 1 aromatic heterocycles. The molecule has 11 aromatic rings. The standard InChI is InChI=1S/C61H37N/c1-2-10-38(11-3-1)39-20-22-40(23-21-39)45-36-58(43-28-24-41(25-29-43)46-32-34-56-50-14-6-4-12-48(50)54-18-8-16-52(46)60(54)56)62-59(37-45)44-30-26-42(27-31-44)47-33-35-57-51-15-7-5-13-49(51)55-19-9-17-53(47)61(55)57/h1-37H. The average molecular weight is 784 g/mol. The first kappa shape index (κ1) is 34.7. The molecule has 0 spiro atoms. The second kappa shape index (κ2) is 13.7. The lowest BCUT2D eigenvalue weighted by Gasteiger charge is -2.13. The SMILES string of the molecule is c1ccc(-c2ccc(-c3cc(-c4ccc(-c5ccc6c7c(cccc57)-c5ccccc5-6)cc4)nc(-c4ccc(-c5ccc6c7c(cccc57)-c5ccccc5-6)cc4)c3)cc2)cc1. The molecule has 0 aliphatic heterocycles. The molecule has 2 aliphatic rings. The van der Waals surface area contributed by atoms with Crippen molar-refractivity contribution in [3.63, 3.8) is 0 Å². The molecule has 13 rings (SSSR count). The Morgan fingerprint density at radius 1 is 0.194 bits per heavy atom. The molecule has 0 radical (unpaired) electrons. The molecule has 0 atom stereocenters. The van der Waals surface area contributed by atoms with Crippen molar-refractivity contribution in [2.45, 2.75) is 0 Å². The lowest BCUT2D eigenvalue weighted by atomic mass is 9.93. The fraction of sp³-hybridized carbons (Fsp3) is 0. The Bertz CT molecular complexity index is 3320. The summed E-state index contributed by atoms with van der Waals surface area (Å²) in [6.07, 6.45) is 0. The van der Waals surface area contributed by atoms with Crippen LogP contribution >= 0.6 is 0 Å². The van der Waals surface area contributed by atoms with Gasteiger partial charge in [0.15, 0.2) is 0 Å². The number of benzene rings is 10. The summed E-state index contributed by atoms with van der Waals surface area (Å²) in [5, 5.41) is 5.27. The highest BCUT2D eigenvalue weighted by atomic mass is 14.7. The quantitative estimate of drug-likeness (QED) is 0.164. The zero-order valence-electron chi connectivity index (χ0n) is 33.8. The molecular weight excluding hydrogens is 747 g/mol. The smallest absolute Gasteiger partial charge is 0.0715 e. The number of rotatable bonds is 6. The number of fused-ring (bicyclic) bond motifs is 6. The summed E-state index contributed by atoms with van der Waals surface area (Å²) in [5.74, 6) is 0. The van der Waals surface area contributed by atoms with Crippen LogP contribution in [0, 0.1) is 0 Å². The van der Waals surface area contributed by atoms with Gasteiger partial charge in [0.2, 0.25) is 0 Å². The van der Waals surface area contributed by atoms with E-state index in [0.29, 0.717) is 0 Å². The maximum absolute atomic E-state index is 5.38. The van der Waals surface area contributed by atoms with Crippen LogP contribution in [-0.2, 0) is 0 Å². The number of nitrogens with zero attached hydrogens (tertiary/aromatic N) is 1. The molecule has 0 unspecified atom stereocenters. The predicted octanol–water partition coefficient (Wildman–Crippen LogP) is 16.7. The molecule has 286 valence electrons. The highest BCUT2D eigenvalue weighted by Gasteiger charge is 2.24. The van der Waals surface area contributed by atoms with Crippen LogP contribution in [-0.4, -0.2) is 4.98 Å². The number of pyridine rings is 1. The van der Waals surface area contributed by atoms with Gasteiger partial charge in [-0.15, -0.1) is 0 Å². The van der Waals surface area contributed by atoms with Crippen LogP contribution in [0.25, 0.3) is 133 Å². The molecule has 0 amide bonds. The summed E-state index contributed by atoms with van der Waals surface area (Å²) < 4.78 is 0. The Morgan fingerprint density at radius 3 is 0.968 bits per heavy atom. The van der Waals surface area contributed by atoms with Gasteiger partial charge in [0.25, 0.3) is 0 Å². The van der Waals surface area contributed by atoms with Crippen LogP contribution in [0.1, 0.15) is 0 Å². The Labute approximate surface area is 360 Å². The van der Waals surface area contributed by atoms with Crippen LogP contribution in [0.5, 0.6) is 0 Å². The molecule has 0 saturated carbocycles. The van der Waals surface area contributed by atoms with Gasteiger partial charge in [-0.2, -0.15) is 0 Å². The fourth-order valence-electron chi connectivity index (χ4n) is 10.2. The third kappa shape index (κ3) is 5.39. The molecule has 1 nitrogen and oxygen atoms in total. The average Bonchev–Trinajstić information content (AvgIpc) is 3.86. The van der Waals surface area contributed by atoms with Crippen molar-refractivity contribution < 1.29 is 0 Å². The van der Waals surface area contributed by atoms with Gasteiger partial charge in [-0.25, -0.2) is 4.98 Å². The second-order valence-corrected chi connectivity index (χ2v) is 16.6. The molecule has 0 saturated heterocycles. The van der Waals surface area contributed by atoms with Crippen molar-refractivity contribution >= 4 is 21.5 Å². The van der Waals surface area contributed by atoms with Gasteiger partial charge in [-0.3, -0.25) is 0 Å². The van der Waals surface area contributed by atoms with E-state index in [4.69, 9.17) is 4.98 Å². The number of aromatic nitrogens is 1. The van der Waals surface area contributed by atoms with Crippen LogP contribution in [0.3, 0.4) is 0 Å². The largest absolute Gasteiger partial charge is 0.248 e. The molecular formula is C61H37N. The number of hydrogen-bond donors (Lipinski definition) is 0. The summed E-state index contributed by atoms with van der Waals surface area (Å²) in [6, 6.07) is 82.1. The lowest BCUT2D eigenvalue weighted by molar-refractivity contribution is 1.32. The molecule has 1 heteroatoms. The minimum absolute atomic E-state index is 0.947. The predicted molar refractivity (Wildman–Crippen MR) is 261 cm³/mol. The normalized spacial score (nSPS) is 11.9. The Hall–Kier alpha value is -8.13. The summed E-state index contributed by atoms with van der Waals surface area (Å²) >= 11 is 0. The van der Waals surface area contributed by atoms with E-state index in [-0.39, 0.29) is 0 Å². The summed E-state index contributed by atoms with van der Waals surface area (Å²) in [4.78, 5) is 5.38. The fourth-order valence-corrected chi connectivity index (χ4v) is 10.2. The van der Waals surface area contributed by atoms with Gasteiger partial charge in [0, 0.05) is 11.1 Å². The van der Waals surface area contributed by atoms with E-state index >= 15 is 0 Å². The van der Waals surface area contributed by atoms with E-state index in [0.717, 1.165) is 33.6 Å². The summed E-state index contributed by atoms with van der Waals surface area (Å²) in [5.41, 5.74) is 24.2. The molecule has 62 heavy (non-hydrogen) atoms. The Morgan fingerprint density at radius 2 is 0.516 bits per heavy atom. The second-order valence-electron chi connectivity index (χ2n) is 16.6. The molecule has 10 aromatic carbocycles. The van der Waals surface area contributed by atoms with Crippen molar-refractivity contribution in [3.8, 4) is 112 Å². The van der Waals surface area contributed by atoms with E-state index in [1.165, 1.54) is 99.4 Å². The van der Waals surface area contributed by atoms with Crippen LogP contribution in [0.2, 0.25) is 0 Å². The third-order valence-electron chi connectivity index (χ3n) is 13.2. The maximum atomic E-state index is 5.38. The van der Waals surface area contributed by atoms with Gasteiger partial charge >= 0.3 is 0 Å². The summed E-state index contributed by atoms with van der Waals surface area (Å²) in [6.45, 7) is 0. The van der Waals surface area contributed by atoms with E-state index < -0.39 is 0 Å². The van der Waals surface area contributed by atoms with E-state index in [1.54, 1.807) is 0 Å². The van der Waals surface area contributed by atoms with Crippen LogP contribution < -0.4 is 0 Å². The van der Waals surface area contributed by atoms with Crippen molar-refractivity contribution in [3.05, 3.63) is 224 Å². The monoisotopic (exact) mass is 783 g/mol. The van der Waals surface area contributed by atoms with E-state index in [1.807, 2.05) is 0 Å². The van der Waals surface area contributed by atoms with Gasteiger partial charge in [0.1, 0.15) is 0 Å². The topological polar surface area (TPSA) is 12.9 Å². The zero-order valence-corrected chi connectivity index (χ0v) is 33.8. The molecule has 2 aliphatic carbocycles. The highest BCUT2D eigenvalue weighted by Crippen LogP contribution is 2.51. The first-order valence-corrected chi connectivity index (χ1v) is 21.4. The van der Waals surface area contributed by atoms with Crippen molar-refractivity contribution in [2.24, 2.45) is 0 Å². The highest BCUT2D eigenvalue weighted by molar-refractivity contribution is 6.20. The Balaban J connectivity index is 0.890. The van der Waals surface area contributed by atoms with Crippen molar-refractivity contribution in [1.29, 1.82) is 0 Å². The minimum atomic E-state index is 0.947. The van der Waals surface area contributed by atoms with E-state index in [2.05, 4.69) is 224 Å². The molecule has 0 fully saturated rings. The van der Waals surface area contributed by atoms with Gasteiger partial charge in [-0.05, 0) is 123 Å². The van der Waals surface area contributed by atoms with Gasteiger partial charge in [0.05, 0.1) is 11.4 Å². The summed E-state index contributed by atoms with van der Waals surface area (Å²) in [7, 11) is 0. The van der Waals surface area contributed by atoms with Gasteiger partial charge < -0.3 is 0 Å². The number of hydrogen-bond acceptors (Lipinski definition) is 1. The lowest BCUT2D eigenvalue weighted by Crippen LogP contribution is -1.92. The first-order valence-electron chi connectivity index (χ1n) is 21.4. The Kier molecular flexibility index (Phi) is 7.67. The van der Waals surface area contributed by atoms with E-state index in [9.17, 15) is 0 Å². The third-order valence-corrected chi connectivity index (χ3v) is 13.2. The zero-order chi connectivity index (χ0) is 40.7. The first-order chi connectivity index (χ1) is 30.7. The van der Waals surface area contributed by atoms with Gasteiger partial charge in [-0.1, -0.05) is 212 Å². The molecule has 1 heterocycles. The van der Waals surface area contributed by atoms with Crippen molar-refractivity contribution in [1.82, 2.24) is 4.98 Å². The molecule has 0 bridgehead atoms. The maximum Gasteiger partial charge on any atom is 0.0715 e. The van der Waals surface area contributed by atoms with Crippen molar-refractivity contribution in [2.75, 3.05) is 0 Å². The van der Waals surface area contributed by atoms with Crippen LogP contribution in [0.4, 0.5) is 0 Å². The molecule has 0 N–H and O–H groups in total.